The zero-order valence-corrected chi connectivity index (χ0v) is 25.8. The van der Waals surface area contributed by atoms with Crippen molar-refractivity contribution in [2.45, 2.75) is 62.7 Å². The summed E-state index contributed by atoms with van der Waals surface area (Å²) in [7, 11) is -5.46. The van der Waals surface area contributed by atoms with Gasteiger partial charge in [-0.2, -0.15) is 15.0 Å². The Morgan fingerprint density at radius 2 is 1.48 bits per heavy atom. The molecule has 4 aromatic rings. The van der Waals surface area contributed by atoms with Gasteiger partial charge in [-0.05, 0) is 39.0 Å². The van der Waals surface area contributed by atoms with E-state index in [1.54, 1.807) is 24.2 Å². The topological polar surface area (TPSA) is 232 Å². The number of H-pyrrole nitrogens is 1. The summed E-state index contributed by atoms with van der Waals surface area (Å²) in [6.07, 6.45) is 5.82. The van der Waals surface area contributed by atoms with Gasteiger partial charge in [-0.1, -0.05) is 11.6 Å². The molecule has 6 N–H and O–H groups in total. The maximum absolute atomic E-state index is 12.1. The summed E-state index contributed by atoms with van der Waals surface area (Å²) in [6.45, 7) is 5.82. The van der Waals surface area contributed by atoms with Crippen molar-refractivity contribution in [3.63, 3.8) is 0 Å². The third kappa shape index (κ3) is 6.69. The van der Waals surface area contributed by atoms with Crippen molar-refractivity contribution in [2.24, 2.45) is 0 Å². The normalized spacial score (nSPS) is 24.1. The van der Waals surface area contributed by atoms with E-state index in [1.807, 2.05) is 4.57 Å². The lowest BCUT2D eigenvalue weighted by Gasteiger charge is -2.17. The van der Waals surface area contributed by atoms with Gasteiger partial charge in [0.05, 0.1) is 38.0 Å². The van der Waals surface area contributed by atoms with Gasteiger partial charge in [-0.25, -0.2) is 9.97 Å². The van der Waals surface area contributed by atoms with Crippen LogP contribution in [0.5, 0.6) is 0 Å². The van der Waals surface area contributed by atoms with Crippen LogP contribution in [0.15, 0.2) is 17.4 Å². The Balaban J connectivity index is 0.000000168. The second-order valence-corrected chi connectivity index (χ2v) is 17.2. The monoisotopic (exact) mass is 642 g/mol. The summed E-state index contributed by atoms with van der Waals surface area (Å²) in [6, 6.07) is 0. The predicted molar refractivity (Wildman–Crippen MR) is 158 cm³/mol. The number of ether oxygens (including phenoxy) is 2. The van der Waals surface area contributed by atoms with E-state index < -0.39 is 25.9 Å². The van der Waals surface area contributed by atoms with Crippen LogP contribution in [0.25, 0.3) is 22.3 Å². The molecule has 1 unspecified atom stereocenters. The molecule has 5 atom stereocenters. The zero-order valence-electron chi connectivity index (χ0n) is 23.3. The first-order valence-electron chi connectivity index (χ1n) is 13.2. The zero-order chi connectivity index (χ0) is 30.4. The van der Waals surface area contributed by atoms with Crippen LogP contribution in [0.1, 0.15) is 25.7 Å². The molecule has 42 heavy (non-hydrogen) atoms. The molecule has 2 aliphatic heterocycles. The molecule has 2 fully saturated rings. The van der Waals surface area contributed by atoms with E-state index in [-0.39, 0.29) is 40.6 Å². The molecular weight excluding hydrogens is 610 g/mol. The molecule has 6 heterocycles. The highest BCUT2D eigenvalue weighted by molar-refractivity contribution is 7.62. The van der Waals surface area contributed by atoms with E-state index in [0.717, 1.165) is 12.8 Å². The molecular formula is C23H33ClN10O6P2. The van der Waals surface area contributed by atoms with E-state index >= 15 is 0 Å². The second kappa shape index (κ2) is 11.7. The van der Waals surface area contributed by atoms with Gasteiger partial charge in [0.15, 0.2) is 22.0 Å². The summed E-state index contributed by atoms with van der Waals surface area (Å²) in [5, 5.41) is 0.244. The second-order valence-electron chi connectivity index (χ2n) is 10.9. The number of nitrogens with zero attached hydrogens (tertiary/aromatic N) is 7. The number of nitrogens with one attached hydrogen (secondary N) is 1. The van der Waals surface area contributed by atoms with Crippen LogP contribution in [-0.4, -0.2) is 87.8 Å². The maximum Gasteiger partial charge on any atom is 0.280 e. The highest BCUT2D eigenvalue weighted by Gasteiger charge is 2.36. The van der Waals surface area contributed by atoms with Crippen LogP contribution in [0.3, 0.4) is 0 Å². The van der Waals surface area contributed by atoms with Crippen molar-refractivity contribution < 1.29 is 23.5 Å². The summed E-state index contributed by atoms with van der Waals surface area (Å²) in [5.74, 6) is -0.641. The molecule has 0 spiro atoms. The first-order valence-corrected chi connectivity index (χ1v) is 18.4. The standard InChI is InChI=1S/C12H17ClN5O2P.C11H16N5O4P/c1-21(2,19)8-4-3-7(20-8)5-18-6-15-9-10(13)16-12(14)17-11(9)18;1-21(18,19)7-3-2-6(20-7)4-16-5-13-8-9(16)14-11(12)15-10(8)17/h6-8H,3-5H2,1-2H3,(H2,14,16,17);5-7H,2-4H2,1H3,(H,18,19)(H3,12,14,15,17)/t7-,8-;6-,7-/m00/s1. The number of anilines is 2. The van der Waals surface area contributed by atoms with Crippen LogP contribution >= 0.6 is 26.1 Å². The van der Waals surface area contributed by atoms with Crippen molar-refractivity contribution >= 4 is 60.3 Å². The van der Waals surface area contributed by atoms with Gasteiger partial charge in [0.2, 0.25) is 19.3 Å². The van der Waals surface area contributed by atoms with Crippen LogP contribution in [0.4, 0.5) is 11.9 Å². The largest absolute Gasteiger partial charge is 0.369 e. The number of fused-ring (bicyclic) bond motifs is 2. The number of hydrogen-bond donors (Lipinski definition) is 4. The van der Waals surface area contributed by atoms with Crippen LogP contribution in [-0.2, 0) is 31.7 Å². The fourth-order valence-electron chi connectivity index (χ4n) is 5.05. The lowest BCUT2D eigenvalue weighted by Crippen LogP contribution is -2.18. The van der Waals surface area contributed by atoms with E-state index in [9.17, 15) is 18.8 Å². The van der Waals surface area contributed by atoms with Crippen molar-refractivity contribution in [3.8, 4) is 0 Å². The SMILES string of the molecule is CP(=O)(O)[C@H]1CC[C@@H](Cn2cnc3c(=O)[nH]c(N)nc32)O1.CP(C)(=O)[C@H]1CC[C@@H](Cn2cnc3c(Cl)nc(N)nc32)O1. The van der Waals surface area contributed by atoms with Gasteiger partial charge < -0.3 is 39.5 Å². The average Bonchev–Trinajstić information content (AvgIpc) is 3.67. The fraction of sp³-hybridized carbons (Fsp3) is 0.565. The van der Waals surface area contributed by atoms with Crippen LogP contribution in [0, 0.1) is 0 Å². The van der Waals surface area contributed by atoms with Gasteiger partial charge in [-0.3, -0.25) is 14.3 Å². The summed E-state index contributed by atoms with van der Waals surface area (Å²) in [5.41, 5.74) is 12.5. The van der Waals surface area contributed by atoms with Gasteiger partial charge in [0.1, 0.15) is 24.3 Å². The minimum Gasteiger partial charge on any atom is -0.369 e. The molecule has 2 saturated heterocycles. The van der Waals surface area contributed by atoms with E-state index in [4.69, 9.17) is 32.5 Å². The third-order valence-electron chi connectivity index (χ3n) is 7.13. The molecule has 0 amide bonds. The first-order chi connectivity index (χ1) is 19.7. The maximum atomic E-state index is 12.1. The average molecular weight is 643 g/mol. The molecule has 0 radical (unpaired) electrons. The van der Waals surface area contributed by atoms with Crippen molar-refractivity contribution in [2.75, 3.05) is 31.5 Å². The molecule has 0 aromatic carbocycles. The minimum absolute atomic E-state index is 0.00408. The molecule has 6 rings (SSSR count). The minimum atomic E-state index is -3.24. The predicted octanol–water partition coefficient (Wildman–Crippen LogP) is 2.30. The number of aromatic amines is 1. The lowest BCUT2D eigenvalue weighted by molar-refractivity contribution is 0.0699. The molecule has 0 aliphatic carbocycles. The van der Waals surface area contributed by atoms with E-state index in [0.29, 0.717) is 42.7 Å². The van der Waals surface area contributed by atoms with E-state index in [2.05, 4.69) is 29.9 Å². The summed E-state index contributed by atoms with van der Waals surface area (Å²) < 4.78 is 38.7. The number of nitrogen functional groups attached to an aromatic ring is 2. The van der Waals surface area contributed by atoms with Gasteiger partial charge in [0, 0.05) is 6.66 Å². The number of halogens is 1. The smallest absolute Gasteiger partial charge is 0.280 e. The molecule has 16 nitrogen and oxygen atoms in total. The van der Waals surface area contributed by atoms with Crippen LogP contribution in [0.2, 0.25) is 5.15 Å². The third-order valence-corrected chi connectivity index (χ3v) is 10.6. The van der Waals surface area contributed by atoms with Crippen molar-refractivity contribution in [1.82, 2.24) is 39.0 Å². The number of imidazole rings is 2. The van der Waals surface area contributed by atoms with Crippen molar-refractivity contribution in [3.05, 3.63) is 28.2 Å². The summed E-state index contributed by atoms with van der Waals surface area (Å²) in [4.78, 5) is 44.0. The van der Waals surface area contributed by atoms with Crippen molar-refractivity contribution in [1.29, 1.82) is 0 Å². The number of aromatic nitrogens is 8. The molecule has 0 saturated carbocycles. The Kier molecular flexibility index (Phi) is 8.49. The van der Waals surface area contributed by atoms with Gasteiger partial charge in [-0.15, -0.1) is 0 Å². The Morgan fingerprint density at radius 3 is 2.02 bits per heavy atom. The summed E-state index contributed by atoms with van der Waals surface area (Å²) >= 11 is 6.00. The Labute approximate surface area is 245 Å². The number of rotatable bonds is 6. The Morgan fingerprint density at radius 1 is 0.929 bits per heavy atom. The van der Waals surface area contributed by atoms with E-state index in [1.165, 1.54) is 13.0 Å². The number of hydrogen-bond acceptors (Lipinski definition) is 12. The first kappa shape index (κ1) is 30.6. The highest BCUT2D eigenvalue weighted by atomic mass is 35.5. The van der Waals surface area contributed by atoms with Gasteiger partial charge >= 0.3 is 0 Å². The molecule has 0 bridgehead atoms. The quantitative estimate of drug-likeness (QED) is 0.175. The molecule has 19 heteroatoms. The van der Waals surface area contributed by atoms with Gasteiger partial charge in [0.25, 0.3) is 5.56 Å². The molecule has 4 aromatic heterocycles. The highest BCUT2D eigenvalue weighted by Crippen LogP contribution is 2.49. The van der Waals surface area contributed by atoms with Crippen LogP contribution < -0.4 is 17.0 Å². The Bertz CT molecular complexity index is 1760. The fourth-order valence-corrected chi connectivity index (χ4v) is 7.54. The number of nitrogens with two attached hydrogens (primary N) is 2. The Hall–Kier alpha value is -2.87. The molecule has 2 aliphatic rings. The molecule has 228 valence electrons. The lowest BCUT2D eigenvalue weighted by atomic mass is 10.2.